The number of hydrogen-bond acceptors (Lipinski definition) is 4. The molecule has 1 aromatic carbocycles. The van der Waals surface area contributed by atoms with Gasteiger partial charge < -0.3 is 21.3 Å². The van der Waals surface area contributed by atoms with Crippen LogP contribution in [0.3, 0.4) is 0 Å². The summed E-state index contributed by atoms with van der Waals surface area (Å²) in [6, 6.07) is 8.41. The highest BCUT2D eigenvalue weighted by Gasteiger charge is 2.23. The topological polar surface area (TPSA) is 99.3 Å². The number of urea groups is 1. The van der Waals surface area contributed by atoms with Crippen LogP contribution in [-0.4, -0.2) is 23.9 Å². The maximum atomic E-state index is 12.8. The standard InChI is InChI=1S/C21H28N4O3S/c1-12(2)22-20(28)24-15-10-8-7-9-14(15)23-18(26)17-13(3)11-16(29-17)25-19(27)21(4,5)6/h7-12H,1-6H3,(H,23,26)(H,25,27)(H2,22,24,28). The van der Waals surface area contributed by atoms with E-state index >= 15 is 0 Å². The first-order chi connectivity index (χ1) is 13.5. The molecule has 4 amide bonds. The van der Waals surface area contributed by atoms with Gasteiger partial charge in [0.05, 0.1) is 21.3 Å². The van der Waals surface area contributed by atoms with Gasteiger partial charge in [-0.1, -0.05) is 32.9 Å². The Morgan fingerprint density at radius 2 is 1.55 bits per heavy atom. The number of nitrogens with one attached hydrogen (secondary N) is 4. The van der Waals surface area contributed by atoms with Gasteiger partial charge in [0.15, 0.2) is 0 Å². The van der Waals surface area contributed by atoms with E-state index in [0.717, 1.165) is 5.56 Å². The lowest BCUT2D eigenvalue weighted by Crippen LogP contribution is -2.34. The second-order valence-electron chi connectivity index (χ2n) is 8.08. The van der Waals surface area contributed by atoms with Crippen molar-refractivity contribution < 1.29 is 14.4 Å². The number of aryl methyl sites for hydroxylation is 1. The predicted octanol–water partition coefficient (Wildman–Crippen LogP) is 4.82. The first kappa shape index (κ1) is 22.4. The Balaban J connectivity index is 2.15. The second-order valence-corrected chi connectivity index (χ2v) is 9.13. The van der Waals surface area contributed by atoms with Gasteiger partial charge in [-0.05, 0) is 44.5 Å². The van der Waals surface area contributed by atoms with E-state index in [1.165, 1.54) is 11.3 Å². The molecule has 29 heavy (non-hydrogen) atoms. The summed E-state index contributed by atoms with van der Waals surface area (Å²) >= 11 is 1.22. The van der Waals surface area contributed by atoms with Gasteiger partial charge in [-0.25, -0.2) is 4.79 Å². The summed E-state index contributed by atoms with van der Waals surface area (Å²) in [5.74, 6) is -0.418. The second kappa shape index (κ2) is 9.09. The molecule has 2 aromatic rings. The molecule has 0 aliphatic rings. The molecular formula is C21H28N4O3S. The van der Waals surface area contributed by atoms with Gasteiger partial charge in [-0.3, -0.25) is 9.59 Å². The zero-order chi connectivity index (χ0) is 21.8. The molecule has 0 saturated heterocycles. The number of benzene rings is 1. The van der Waals surface area contributed by atoms with Crippen molar-refractivity contribution in [2.45, 2.75) is 47.6 Å². The molecule has 8 heteroatoms. The number of carbonyl (C=O) groups is 3. The molecule has 0 radical (unpaired) electrons. The Morgan fingerprint density at radius 3 is 2.10 bits per heavy atom. The SMILES string of the molecule is Cc1cc(NC(=O)C(C)(C)C)sc1C(=O)Nc1ccccc1NC(=O)NC(C)C. The molecule has 0 spiro atoms. The summed E-state index contributed by atoms with van der Waals surface area (Å²) in [5, 5.41) is 11.8. The number of rotatable bonds is 5. The molecule has 1 heterocycles. The summed E-state index contributed by atoms with van der Waals surface area (Å²) in [6.45, 7) is 11.0. The number of para-hydroxylation sites is 2. The van der Waals surface area contributed by atoms with E-state index in [2.05, 4.69) is 21.3 Å². The van der Waals surface area contributed by atoms with Crippen molar-refractivity contribution in [3.63, 3.8) is 0 Å². The van der Waals surface area contributed by atoms with Gasteiger partial charge in [0.2, 0.25) is 5.91 Å². The lowest BCUT2D eigenvalue weighted by atomic mass is 9.96. The molecule has 0 fully saturated rings. The molecule has 0 aliphatic carbocycles. The number of carbonyl (C=O) groups excluding carboxylic acids is 3. The smallest absolute Gasteiger partial charge is 0.319 e. The third kappa shape index (κ3) is 6.32. The van der Waals surface area contributed by atoms with E-state index in [4.69, 9.17) is 0 Å². The highest BCUT2D eigenvalue weighted by Crippen LogP contribution is 2.30. The number of hydrogen-bond donors (Lipinski definition) is 4. The van der Waals surface area contributed by atoms with Crippen molar-refractivity contribution >= 4 is 45.6 Å². The van der Waals surface area contributed by atoms with Crippen LogP contribution in [0.1, 0.15) is 49.9 Å². The van der Waals surface area contributed by atoms with Gasteiger partial charge in [-0.2, -0.15) is 0 Å². The number of amides is 4. The van der Waals surface area contributed by atoms with Crippen LogP contribution in [0.15, 0.2) is 30.3 Å². The molecule has 0 bridgehead atoms. The van der Waals surface area contributed by atoms with Crippen molar-refractivity contribution in [2.24, 2.45) is 5.41 Å². The molecule has 2 rings (SSSR count). The largest absolute Gasteiger partial charge is 0.336 e. The third-order valence-electron chi connectivity index (χ3n) is 3.89. The van der Waals surface area contributed by atoms with Crippen LogP contribution >= 0.6 is 11.3 Å². The lowest BCUT2D eigenvalue weighted by molar-refractivity contribution is -0.123. The molecule has 0 unspecified atom stereocenters. The minimum absolute atomic E-state index is 0.00717. The van der Waals surface area contributed by atoms with E-state index in [1.54, 1.807) is 30.3 Å². The van der Waals surface area contributed by atoms with Gasteiger partial charge in [0.25, 0.3) is 5.91 Å². The molecular weight excluding hydrogens is 388 g/mol. The first-order valence-corrected chi connectivity index (χ1v) is 10.2. The van der Waals surface area contributed by atoms with E-state index in [0.29, 0.717) is 21.3 Å². The Hall–Kier alpha value is -2.87. The Labute approximate surface area is 175 Å². The maximum Gasteiger partial charge on any atom is 0.319 e. The highest BCUT2D eigenvalue weighted by molar-refractivity contribution is 7.18. The van der Waals surface area contributed by atoms with Crippen molar-refractivity contribution in [1.29, 1.82) is 0 Å². The number of anilines is 3. The normalized spacial score (nSPS) is 11.1. The Bertz CT molecular complexity index is 913. The predicted molar refractivity (Wildman–Crippen MR) is 119 cm³/mol. The van der Waals surface area contributed by atoms with Gasteiger partial charge in [0.1, 0.15) is 0 Å². The minimum atomic E-state index is -0.526. The summed E-state index contributed by atoms with van der Waals surface area (Å²) in [5.41, 5.74) is 1.22. The van der Waals surface area contributed by atoms with E-state index in [-0.39, 0.29) is 23.9 Å². The van der Waals surface area contributed by atoms with Crippen LogP contribution in [0.25, 0.3) is 0 Å². The summed E-state index contributed by atoms with van der Waals surface area (Å²) < 4.78 is 0. The first-order valence-electron chi connectivity index (χ1n) is 9.37. The zero-order valence-electron chi connectivity index (χ0n) is 17.6. The third-order valence-corrected chi connectivity index (χ3v) is 5.04. The monoisotopic (exact) mass is 416 g/mol. The average Bonchev–Trinajstić information content (AvgIpc) is 2.95. The number of thiophene rings is 1. The maximum absolute atomic E-state index is 12.8. The van der Waals surface area contributed by atoms with E-state index < -0.39 is 5.41 Å². The molecule has 7 nitrogen and oxygen atoms in total. The molecule has 0 aliphatic heterocycles. The van der Waals surface area contributed by atoms with Gasteiger partial charge in [-0.15, -0.1) is 11.3 Å². The van der Waals surface area contributed by atoms with Gasteiger partial charge in [0, 0.05) is 11.5 Å². The Kier molecular flexibility index (Phi) is 7.02. The van der Waals surface area contributed by atoms with E-state index in [9.17, 15) is 14.4 Å². The highest BCUT2D eigenvalue weighted by atomic mass is 32.1. The fourth-order valence-electron chi connectivity index (χ4n) is 2.37. The minimum Gasteiger partial charge on any atom is -0.336 e. The van der Waals surface area contributed by atoms with Crippen molar-refractivity contribution in [2.75, 3.05) is 16.0 Å². The van der Waals surface area contributed by atoms with Crippen LogP contribution in [0, 0.1) is 12.3 Å². The summed E-state index contributed by atoms with van der Waals surface area (Å²) in [6.07, 6.45) is 0. The quantitative estimate of drug-likeness (QED) is 0.562. The fourth-order valence-corrected chi connectivity index (χ4v) is 3.33. The summed E-state index contributed by atoms with van der Waals surface area (Å²) in [4.78, 5) is 37.5. The average molecular weight is 417 g/mol. The van der Waals surface area contributed by atoms with Crippen LogP contribution in [-0.2, 0) is 4.79 Å². The fraction of sp³-hybridized carbons (Fsp3) is 0.381. The Morgan fingerprint density at radius 1 is 0.966 bits per heavy atom. The van der Waals surface area contributed by atoms with E-state index in [1.807, 2.05) is 41.5 Å². The zero-order valence-corrected chi connectivity index (χ0v) is 18.4. The van der Waals surface area contributed by atoms with Crippen LogP contribution < -0.4 is 21.3 Å². The molecule has 156 valence electrons. The molecule has 1 aromatic heterocycles. The van der Waals surface area contributed by atoms with Crippen molar-refractivity contribution in [3.05, 3.63) is 40.8 Å². The van der Waals surface area contributed by atoms with Gasteiger partial charge >= 0.3 is 6.03 Å². The molecule has 0 atom stereocenters. The van der Waals surface area contributed by atoms with Crippen molar-refractivity contribution in [1.82, 2.24) is 5.32 Å². The molecule has 4 N–H and O–H groups in total. The summed E-state index contributed by atoms with van der Waals surface area (Å²) in [7, 11) is 0. The van der Waals surface area contributed by atoms with Crippen LogP contribution in [0.2, 0.25) is 0 Å². The molecule has 0 saturated carbocycles. The van der Waals surface area contributed by atoms with Crippen LogP contribution in [0.5, 0.6) is 0 Å². The lowest BCUT2D eigenvalue weighted by Gasteiger charge is -2.16. The van der Waals surface area contributed by atoms with Crippen molar-refractivity contribution in [3.8, 4) is 0 Å². The van der Waals surface area contributed by atoms with Crippen LogP contribution in [0.4, 0.5) is 21.2 Å².